The monoisotopic (exact) mass is 229 g/mol. The fraction of sp³-hybridized carbons (Fsp3) is 0.357. The lowest BCUT2D eigenvalue weighted by Gasteiger charge is -2.24. The van der Waals surface area contributed by atoms with E-state index in [1.165, 1.54) is 5.56 Å². The minimum Gasteiger partial charge on any atom is -0.326 e. The van der Waals surface area contributed by atoms with Crippen LogP contribution in [0.3, 0.4) is 0 Å². The molecule has 1 atom stereocenters. The summed E-state index contributed by atoms with van der Waals surface area (Å²) in [5, 5.41) is 0. The van der Waals surface area contributed by atoms with Crippen LogP contribution >= 0.6 is 0 Å². The quantitative estimate of drug-likeness (QED) is 0.879. The molecule has 0 radical (unpaired) electrons. The number of benzene rings is 1. The van der Waals surface area contributed by atoms with E-state index in [1.54, 1.807) is 0 Å². The Morgan fingerprint density at radius 2 is 1.88 bits per heavy atom. The Kier molecular flexibility index (Phi) is 3.03. The molecule has 1 aromatic heterocycles. The van der Waals surface area contributed by atoms with Crippen molar-refractivity contribution in [2.75, 3.05) is 0 Å². The summed E-state index contributed by atoms with van der Waals surface area (Å²) >= 11 is 0. The molecule has 1 aromatic carbocycles. The van der Waals surface area contributed by atoms with E-state index in [-0.39, 0.29) is 11.6 Å². The molecule has 0 fully saturated rings. The van der Waals surface area contributed by atoms with Crippen molar-refractivity contribution in [3.63, 3.8) is 0 Å². The first-order valence-corrected chi connectivity index (χ1v) is 5.86. The van der Waals surface area contributed by atoms with Gasteiger partial charge in [0.2, 0.25) is 0 Å². The van der Waals surface area contributed by atoms with Crippen LogP contribution in [0.25, 0.3) is 0 Å². The van der Waals surface area contributed by atoms with Crippen LogP contribution in [-0.2, 0) is 5.54 Å². The lowest BCUT2D eigenvalue weighted by Crippen LogP contribution is -2.32. The van der Waals surface area contributed by atoms with Gasteiger partial charge in [0.05, 0.1) is 29.8 Å². The Labute approximate surface area is 102 Å². The molecule has 2 rings (SSSR count). The second-order valence-corrected chi connectivity index (χ2v) is 4.99. The third kappa shape index (κ3) is 2.39. The van der Waals surface area contributed by atoms with Crippen LogP contribution in [0.4, 0.5) is 0 Å². The summed E-state index contributed by atoms with van der Waals surface area (Å²) in [5.41, 5.74) is 8.09. The maximum absolute atomic E-state index is 6.16. The van der Waals surface area contributed by atoms with E-state index in [0.717, 1.165) is 5.69 Å². The van der Waals surface area contributed by atoms with Crippen molar-refractivity contribution < 1.29 is 0 Å². The molecule has 2 N–H and O–H groups in total. The topological polar surface area (TPSA) is 43.8 Å². The molecule has 0 amide bonds. The molecule has 0 spiro atoms. The maximum Gasteiger partial charge on any atom is 0.0954 e. The SMILES string of the molecule is CC(c1ccccc1)n1cncc1C(C)(C)N. The van der Waals surface area contributed by atoms with Crippen LogP contribution < -0.4 is 5.73 Å². The van der Waals surface area contributed by atoms with Crippen LogP contribution in [-0.4, -0.2) is 9.55 Å². The first kappa shape index (κ1) is 11.9. The Balaban J connectivity index is 2.39. The van der Waals surface area contributed by atoms with E-state index in [9.17, 15) is 0 Å². The van der Waals surface area contributed by atoms with Crippen molar-refractivity contribution in [3.8, 4) is 0 Å². The molecular formula is C14H19N3. The van der Waals surface area contributed by atoms with E-state index in [0.29, 0.717) is 0 Å². The molecule has 0 aliphatic heterocycles. The molecule has 17 heavy (non-hydrogen) atoms. The first-order chi connectivity index (χ1) is 8.00. The van der Waals surface area contributed by atoms with Crippen LogP contribution in [0.5, 0.6) is 0 Å². The van der Waals surface area contributed by atoms with Crippen molar-refractivity contribution in [1.82, 2.24) is 9.55 Å². The van der Waals surface area contributed by atoms with Gasteiger partial charge in [-0.1, -0.05) is 30.3 Å². The summed E-state index contributed by atoms with van der Waals surface area (Å²) < 4.78 is 2.13. The van der Waals surface area contributed by atoms with Gasteiger partial charge in [0.25, 0.3) is 0 Å². The van der Waals surface area contributed by atoms with E-state index in [1.807, 2.05) is 32.4 Å². The molecule has 3 nitrogen and oxygen atoms in total. The van der Waals surface area contributed by atoms with Gasteiger partial charge in [-0.15, -0.1) is 0 Å². The first-order valence-electron chi connectivity index (χ1n) is 5.86. The third-order valence-electron chi connectivity index (χ3n) is 3.03. The molecule has 1 unspecified atom stereocenters. The molecule has 90 valence electrons. The number of imidazole rings is 1. The number of aromatic nitrogens is 2. The van der Waals surface area contributed by atoms with Crippen molar-refractivity contribution in [2.45, 2.75) is 32.4 Å². The normalized spacial score (nSPS) is 13.6. The van der Waals surface area contributed by atoms with Gasteiger partial charge in [0.15, 0.2) is 0 Å². The predicted molar refractivity (Wildman–Crippen MR) is 69.7 cm³/mol. The largest absolute Gasteiger partial charge is 0.326 e. The van der Waals surface area contributed by atoms with Crippen LogP contribution in [0.15, 0.2) is 42.9 Å². The molecule has 0 saturated heterocycles. The van der Waals surface area contributed by atoms with Crippen molar-refractivity contribution >= 4 is 0 Å². The molecule has 0 aliphatic carbocycles. The van der Waals surface area contributed by atoms with Gasteiger partial charge < -0.3 is 10.3 Å². The second-order valence-electron chi connectivity index (χ2n) is 4.99. The molecular weight excluding hydrogens is 210 g/mol. The Morgan fingerprint density at radius 3 is 2.47 bits per heavy atom. The number of hydrogen-bond donors (Lipinski definition) is 1. The zero-order chi connectivity index (χ0) is 12.5. The lowest BCUT2D eigenvalue weighted by atomic mass is 10.0. The minimum absolute atomic E-state index is 0.247. The van der Waals surface area contributed by atoms with E-state index < -0.39 is 0 Å². The van der Waals surface area contributed by atoms with Crippen LogP contribution in [0, 0.1) is 0 Å². The van der Waals surface area contributed by atoms with Crippen molar-refractivity contribution in [2.24, 2.45) is 5.73 Å². The van der Waals surface area contributed by atoms with Gasteiger partial charge in [-0.05, 0) is 26.3 Å². The van der Waals surface area contributed by atoms with Gasteiger partial charge in [-0.3, -0.25) is 0 Å². The number of nitrogens with two attached hydrogens (primary N) is 1. The average molecular weight is 229 g/mol. The van der Waals surface area contributed by atoms with Gasteiger partial charge in [-0.2, -0.15) is 0 Å². The molecule has 0 bridgehead atoms. The predicted octanol–water partition coefficient (Wildman–Crippen LogP) is 2.69. The van der Waals surface area contributed by atoms with E-state index in [2.05, 4.69) is 40.7 Å². The summed E-state index contributed by atoms with van der Waals surface area (Å²) in [7, 11) is 0. The highest BCUT2D eigenvalue weighted by molar-refractivity contribution is 5.22. The highest BCUT2D eigenvalue weighted by atomic mass is 15.1. The summed E-state index contributed by atoms with van der Waals surface area (Å²) in [6.07, 6.45) is 3.70. The minimum atomic E-state index is -0.375. The summed E-state index contributed by atoms with van der Waals surface area (Å²) in [5.74, 6) is 0. The molecule has 3 heteroatoms. The summed E-state index contributed by atoms with van der Waals surface area (Å²) in [6, 6.07) is 10.6. The molecule has 0 saturated carbocycles. The fourth-order valence-electron chi connectivity index (χ4n) is 2.00. The molecule has 0 aliphatic rings. The van der Waals surface area contributed by atoms with Crippen molar-refractivity contribution in [3.05, 3.63) is 54.1 Å². The number of nitrogens with zero attached hydrogens (tertiary/aromatic N) is 2. The number of rotatable bonds is 3. The summed E-state index contributed by atoms with van der Waals surface area (Å²) in [4.78, 5) is 4.22. The lowest BCUT2D eigenvalue weighted by molar-refractivity contribution is 0.477. The second kappa shape index (κ2) is 4.34. The van der Waals surface area contributed by atoms with Crippen LogP contribution in [0.1, 0.15) is 38.1 Å². The van der Waals surface area contributed by atoms with E-state index in [4.69, 9.17) is 5.73 Å². The standard InChI is InChI=1S/C14H19N3/c1-11(12-7-5-4-6-8-12)17-10-16-9-13(17)14(2,3)15/h4-11H,15H2,1-3H3. The van der Waals surface area contributed by atoms with Gasteiger partial charge in [-0.25, -0.2) is 4.98 Å². The average Bonchev–Trinajstić information content (AvgIpc) is 2.78. The Morgan fingerprint density at radius 1 is 1.24 bits per heavy atom. The van der Waals surface area contributed by atoms with E-state index >= 15 is 0 Å². The Hall–Kier alpha value is -1.61. The summed E-state index contributed by atoms with van der Waals surface area (Å²) in [6.45, 7) is 6.16. The fourth-order valence-corrected chi connectivity index (χ4v) is 2.00. The highest BCUT2D eigenvalue weighted by Crippen LogP contribution is 2.24. The third-order valence-corrected chi connectivity index (χ3v) is 3.03. The van der Waals surface area contributed by atoms with Gasteiger partial charge in [0.1, 0.15) is 0 Å². The molecule has 1 heterocycles. The smallest absolute Gasteiger partial charge is 0.0954 e. The van der Waals surface area contributed by atoms with Gasteiger partial charge in [0, 0.05) is 0 Å². The van der Waals surface area contributed by atoms with Crippen LogP contribution in [0.2, 0.25) is 0 Å². The molecule has 2 aromatic rings. The van der Waals surface area contributed by atoms with Crippen molar-refractivity contribution in [1.29, 1.82) is 0 Å². The number of hydrogen-bond acceptors (Lipinski definition) is 2. The maximum atomic E-state index is 6.16. The van der Waals surface area contributed by atoms with Gasteiger partial charge >= 0.3 is 0 Å². The zero-order valence-corrected chi connectivity index (χ0v) is 10.6. The zero-order valence-electron chi connectivity index (χ0n) is 10.6. The highest BCUT2D eigenvalue weighted by Gasteiger charge is 2.21. The Bertz CT molecular complexity index is 480.